The fourth-order valence-corrected chi connectivity index (χ4v) is 2.29. The average Bonchev–Trinajstić information content (AvgIpc) is 2.38. The summed E-state index contributed by atoms with van der Waals surface area (Å²) in [7, 11) is 3.92. The first-order valence-corrected chi connectivity index (χ1v) is 6.25. The van der Waals surface area contributed by atoms with E-state index in [1.165, 1.54) is 0 Å². The minimum Gasteiger partial charge on any atom is -0.388 e. The van der Waals surface area contributed by atoms with E-state index in [1.807, 2.05) is 18.0 Å². The molecule has 1 atom stereocenters. The Kier molecular flexibility index (Phi) is 3.81. The van der Waals surface area contributed by atoms with Crippen molar-refractivity contribution in [3.05, 3.63) is 24.0 Å². The quantitative estimate of drug-likeness (QED) is 0.845. The highest BCUT2D eigenvalue weighted by Crippen LogP contribution is 2.14. The molecule has 1 aromatic heterocycles. The maximum absolute atomic E-state index is 12.4. The smallest absolute Gasteiger partial charge is 0.272 e. The number of likely N-dealkylation sites (N-methyl/N-ethyl adjacent to an activating group) is 1. The van der Waals surface area contributed by atoms with Crippen LogP contribution in [0.15, 0.2) is 18.3 Å². The number of carbonyl (C=O) groups is 1. The molecule has 0 bridgehead atoms. The molecule has 5 heteroatoms. The monoisotopic (exact) mass is 248 g/mol. The first-order valence-electron chi connectivity index (χ1n) is 6.25. The maximum Gasteiger partial charge on any atom is 0.272 e. The zero-order valence-electron chi connectivity index (χ0n) is 11.2. The summed E-state index contributed by atoms with van der Waals surface area (Å²) in [5, 5.41) is 3.02. The second kappa shape index (κ2) is 5.35. The Bertz CT molecular complexity index is 435. The fourth-order valence-electron chi connectivity index (χ4n) is 2.29. The molecule has 1 aliphatic heterocycles. The van der Waals surface area contributed by atoms with Crippen LogP contribution in [-0.4, -0.2) is 60.5 Å². The number of anilines is 1. The van der Waals surface area contributed by atoms with Gasteiger partial charge >= 0.3 is 0 Å². The van der Waals surface area contributed by atoms with Gasteiger partial charge in [-0.05, 0) is 26.1 Å². The third-order valence-electron chi connectivity index (χ3n) is 3.36. The van der Waals surface area contributed by atoms with Crippen molar-refractivity contribution in [2.75, 3.05) is 39.0 Å². The van der Waals surface area contributed by atoms with Crippen LogP contribution in [0.5, 0.6) is 0 Å². The van der Waals surface area contributed by atoms with E-state index in [1.54, 1.807) is 12.3 Å². The zero-order chi connectivity index (χ0) is 13.1. The minimum atomic E-state index is 0.0210. The van der Waals surface area contributed by atoms with E-state index in [4.69, 9.17) is 0 Å². The van der Waals surface area contributed by atoms with Crippen LogP contribution in [0.4, 0.5) is 5.69 Å². The van der Waals surface area contributed by atoms with Gasteiger partial charge < -0.3 is 15.1 Å². The molecule has 2 heterocycles. The fraction of sp³-hybridized carbons (Fsp3) is 0.538. The van der Waals surface area contributed by atoms with E-state index in [2.05, 4.69) is 29.2 Å². The highest BCUT2D eigenvalue weighted by molar-refractivity contribution is 5.93. The molecular formula is C13H20N4O. The van der Waals surface area contributed by atoms with Gasteiger partial charge in [0.1, 0.15) is 5.69 Å². The van der Waals surface area contributed by atoms with Gasteiger partial charge in [0.2, 0.25) is 0 Å². The Morgan fingerprint density at radius 3 is 2.94 bits per heavy atom. The molecule has 98 valence electrons. The Morgan fingerprint density at radius 1 is 1.50 bits per heavy atom. The van der Waals surface area contributed by atoms with Crippen LogP contribution >= 0.6 is 0 Å². The summed E-state index contributed by atoms with van der Waals surface area (Å²) < 4.78 is 0. The maximum atomic E-state index is 12.4. The van der Waals surface area contributed by atoms with Crippen LogP contribution in [0.1, 0.15) is 17.4 Å². The van der Waals surface area contributed by atoms with Crippen LogP contribution in [0.3, 0.4) is 0 Å². The molecule has 2 rings (SSSR count). The molecule has 0 aromatic carbocycles. The van der Waals surface area contributed by atoms with Gasteiger partial charge in [-0.3, -0.25) is 9.78 Å². The number of hydrogen-bond donors (Lipinski definition) is 1. The lowest BCUT2D eigenvalue weighted by Crippen LogP contribution is -2.52. The molecule has 0 radical (unpaired) electrons. The van der Waals surface area contributed by atoms with E-state index in [9.17, 15) is 4.79 Å². The molecule has 1 unspecified atom stereocenters. The highest BCUT2D eigenvalue weighted by atomic mass is 16.2. The predicted molar refractivity (Wildman–Crippen MR) is 71.8 cm³/mol. The van der Waals surface area contributed by atoms with Gasteiger partial charge in [0.05, 0.1) is 0 Å². The van der Waals surface area contributed by atoms with Crippen molar-refractivity contribution < 1.29 is 4.79 Å². The van der Waals surface area contributed by atoms with Crippen LogP contribution in [-0.2, 0) is 0 Å². The van der Waals surface area contributed by atoms with E-state index in [-0.39, 0.29) is 11.9 Å². The number of pyridine rings is 1. The summed E-state index contributed by atoms with van der Waals surface area (Å²) in [5.41, 5.74) is 1.42. The number of carbonyl (C=O) groups excluding carboxylic acids is 1. The third kappa shape index (κ3) is 2.61. The van der Waals surface area contributed by atoms with Gasteiger partial charge in [0.15, 0.2) is 0 Å². The molecule has 1 N–H and O–H groups in total. The lowest BCUT2D eigenvalue weighted by molar-refractivity contribution is 0.0528. The topological polar surface area (TPSA) is 48.5 Å². The van der Waals surface area contributed by atoms with Crippen LogP contribution in [0.2, 0.25) is 0 Å². The van der Waals surface area contributed by atoms with E-state index < -0.39 is 0 Å². The number of nitrogens with zero attached hydrogens (tertiary/aromatic N) is 3. The number of hydrogen-bond acceptors (Lipinski definition) is 4. The average molecular weight is 248 g/mol. The molecule has 1 aliphatic rings. The number of rotatable bonds is 2. The zero-order valence-corrected chi connectivity index (χ0v) is 11.2. The van der Waals surface area contributed by atoms with Crippen molar-refractivity contribution in [3.63, 3.8) is 0 Å². The Hall–Kier alpha value is -1.62. The van der Waals surface area contributed by atoms with Crippen molar-refractivity contribution in [1.29, 1.82) is 0 Å². The van der Waals surface area contributed by atoms with Gasteiger partial charge in [0, 0.05) is 44.6 Å². The lowest BCUT2D eigenvalue weighted by Gasteiger charge is -2.38. The molecule has 1 saturated heterocycles. The molecule has 5 nitrogen and oxygen atoms in total. The van der Waals surface area contributed by atoms with Crippen LogP contribution in [0, 0.1) is 0 Å². The normalized spacial score (nSPS) is 20.8. The van der Waals surface area contributed by atoms with Gasteiger partial charge in [-0.2, -0.15) is 0 Å². The largest absolute Gasteiger partial charge is 0.388 e. The minimum absolute atomic E-state index is 0.0210. The predicted octanol–water partition coefficient (Wildman–Crippen LogP) is 0.899. The van der Waals surface area contributed by atoms with Crippen LogP contribution in [0.25, 0.3) is 0 Å². The molecule has 1 aromatic rings. The molecule has 0 aliphatic carbocycles. The van der Waals surface area contributed by atoms with Crippen molar-refractivity contribution in [1.82, 2.24) is 14.8 Å². The molecule has 1 fully saturated rings. The molecule has 0 spiro atoms. The van der Waals surface area contributed by atoms with E-state index in [0.29, 0.717) is 5.69 Å². The van der Waals surface area contributed by atoms with Gasteiger partial charge in [-0.1, -0.05) is 0 Å². The van der Waals surface area contributed by atoms with E-state index >= 15 is 0 Å². The van der Waals surface area contributed by atoms with E-state index in [0.717, 1.165) is 25.3 Å². The Balaban J connectivity index is 2.15. The number of aromatic nitrogens is 1. The summed E-state index contributed by atoms with van der Waals surface area (Å²) in [6.07, 6.45) is 1.67. The second-order valence-electron chi connectivity index (χ2n) is 4.79. The van der Waals surface area contributed by atoms with Crippen molar-refractivity contribution in [3.8, 4) is 0 Å². The lowest BCUT2D eigenvalue weighted by atomic mass is 10.1. The molecule has 1 amide bonds. The van der Waals surface area contributed by atoms with Gasteiger partial charge in [0.25, 0.3) is 5.91 Å². The highest BCUT2D eigenvalue weighted by Gasteiger charge is 2.27. The summed E-state index contributed by atoms with van der Waals surface area (Å²) in [6, 6.07) is 3.88. The third-order valence-corrected chi connectivity index (χ3v) is 3.36. The molecule has 18 heavy (non-hydrogen) atoms. The molecule has 0 saturated carbocycles. The van der Waals surface area contributed by atoms with Crippen molar-refractivity contribution >= 4 is 11.6 Å². The SMILES string of the molecule is CNc1ccnc(C(=O)N2CCN(C)CC2C)c1. The summed E-state index contributed by atoms with van der Waals surface area (Å²) >= 11 is 0. The van der Waals surface area contributed by atoms with Gasteiger partial charge in [-0.25, -0.2) is 0 Å². The number of piperazine rings is 1. The number of nitrogens with one attached hydrogen (secondary N) is 1. The van der Waals surface area contributed by atoms with Crippen molar-refractivity contribution in [2.45, 2.75) is 13.0 Å². The Labute approximate surface area is 108 Å². The summed E-state index contributed by atoms with van der Waals surface area (Å²) in [6.45, 7) is 4.68. The summed E-state index contributed by atoms with van der Waals surface area (Å²) in [4.78, 5) is 20.7. The Morgan fingerprint density at radius 2 is 2.28 bits per heavy atom. The van der Waals surface area contributed by atoms with Crippen molar-refractivity contribution in [2.24, 2.45) is 0 Å². The first-order chi connectivity index (χ1) is 8.61. The van der Waals surface area contributed by atoms with Crippen LogP contribution < -0.4 is 5.32 Å². The molecular weight excluding hydrogens is 228 g/mol. The van der Waals surface area contributed by atoms with Gasteiger partial charge in [-0.15, -0.1) is 0 Å². The first kappa shape index (κ1) is 12.8. The summed E-state index contributed by atoms with van der Waals surface area (Å²) in [5.74, 6) is 0.0210. The standard InChI is InChI=1S/C13H20N4O/c1-10-9-16(3)6-7-17(10)13(18)12-8-11(14-2)4-5-15-12/h4-5,8,10H,6-7,9H2,1-3H3,(H,14,15). The second-order valence-corrected chi connectivity index (χ2v) is 4.79. The number of amides is 1.